The molecule has 1 aliphatic heterocycles. The average molecular weight is 266 g/mol. The molecule has 0 aromatic heterocycles. The molecule has 108 valence electrons. The van der Waals surface area contributed by atoms with Gasteiger partial charge in [-0.05, 0) is 38.5 Å². The minimum atomic E-state index is -0.527. The van der Waals surface area contributed by atoms with Gasteiger partial charge >= 0.3 is 0 Å². The molecular weight excluding hydrogens is 240 g/mol. The van der Waals surface area contributed by atoms with Crippen LogP contribution in [0.25, 0.3) is 0 Å². The van der Waals surface area contributed by atoms with Crippen LogP contribution in [0.4, 0.5) is 0 Å². The Morgan fingerprint density at radius 3 is 2.53 bits per heavy atom. The van der Waals surface area contributed by atoms with Crippen molar-refractivity contribution in [1.29, 1.82) is 0 Å². The molecule has 4 heteroatoms. The second-order valence-corrected chi connectivity index (χ2v) is 6.46. The number of nitrogens with one attached hydrogen (secondary N) is 1. The number of hydrogen-bond acceptors (Lipinski definition) is 2. The molecule has 1 heterocycles. The second-order valence-electron chi connectivity index (χ2n) is 6.46. The Morgan fingerprint density at radius 1 is 1.32 bits per heavy atom. The van der Waals surface area contributed by atoms with E-state index in [-0.39, 0.29) is 17.9 Å². The molecule has 1 N–H and O–H groups in total. The summed E-state index contributed by atoms with van der Waals surface area (Å²) >= 11 is 0. The average Bonchev–Trinajstić information content (AvgIpc) is 2.82. The first-order valence-corrected chi connectivity index (χ1v) is 7.60. The van der Waals surface area contributed by atoms with Gasteiger partial charge in [-0.3, -0.25) is 9.59 Å². The molecule has 1 saturated carbocycles. The smallest absolute Gasteiger partial charge is 0.246 e. The number of hydrogen-bond donors (Lipinski definition) is 1. The Hall–Kier alpha value is -1.06. The zero-order chi connectivity index (χ0) is 14.0. The van der Waals surface area contributed by atoms with Gasteiger partial charge in [0.25, 0.3) is 0 Å². The molecule has 19 heavy (non-hydrogen) atoms. The van der Waals surface area contributed by atoms with Crippen LogP contribution >= 0.6 is 0 Å². The standard InChI is InChI=1S/C15H26N2O2/c1-11(2)7-6-10-17-13(18)12(3)16-14(19)15(17)8-4-5-9-15/h11-12H,4-10H2,1-3H3,(H,16,19). The molecule has 4 nitrogen and oxygen atoms in total. The van der Waals surface area contributed by atoms with E-state index in [0.717, 1.165) is 45.1 Å². The van der Waals surface area contributed by atoms with Crippen LogP contribution in [-0.2, 0) is 9.59 Å². The monoisotopic (exact) mass is 266 g/mol. The van der Waals surface area contributed by atoms with E-state index >= 15 is 0 Å². The van der Waals surface area contributed by atoms with E-state index in [1.54, 1.807) is 6.92 Å². The summed E-state index contributed by atoms with van der Waals surface area (Å²) in [7, 11) is 0. The fourth-order valence-corrected chi connectivity index (χ4v) is 3.40. The van der Waals surface area contributed by atoms with Gasteiger partial charge in [-0.2, -0.15) is 0 Å². The lowest BCUT2D eigenvalue weighted by molar-refractivity contribution is -0.156. The van der Waals surface area contributed by atoms with Gasteiger partial charge in [0.1, 0.15) is 11.6 Å². The summed E-state index contributed by atoms with van der Waals surface area (Å²) in [5.41, 5.74) is -0.527. The van der Waals surface area contributed by atoms with Crippen LogP contribution in [0.2, 0.25) is 0 Å². The van der Waals surface area contributed by atoms with Crippen LogP contribution in [-0.4, -0.2) is 34.8 Å². The number of rotatable bonds is 4. The summed E-state index contributed by atoms with van der Waals surface area (Å²) in [6.07, 6.45) is 5.87. The highest BCUT2D eigenvalue weighted by molar-refractivity contribution is 5.99. The van der Waals surface area contributed by atoms with Gasteiger partial charge in [-0.1, -0.05) is 26.7 Å². The van der Waals surface area contributed by atoms with Crippen molar-refractivity contribution in [2.45, 2.75) is 70.9 Å². The molecule has 0 aromatic rings. The lowest BCUT2D eigenvalue weighted by atomic mass is 9.89. The predicted octanol–water partition coefficient (Wildman–Crippen LogP) is 2.08. The van der Waals surface area contributed by atoms with E-state index < -0.39 is 5.54 Å². The first-order valence-electron chi connectivity index (χ1n) is 7.60. The van der Waals surface area contributed by atoms with Gasteiger partial charge in [0, 0.05) is 6.54 Å². The summed E-state index contributed by atoms with van der Waals surface area (Å²) in [5.74, 6) is 0.817. The molecule has 0 radical (unpaired) electrons. The molecular formula is C15H26N2O2. The molecule has 2 amide bonds. The van der Waals surface area contributed by atoms with Gasteiger partial charge in [0.2, 0.25) is 11.8 Å². The summed E-state index contributed by atoms with van der Waals surface area (Å²) in [4.78, 5) is 26.7. The number of carbonyl (C=O) groups excluding carboxylic acids is 2. The molecule has 1 atom stereocenters. The van der Waals surface area contributed by atoms with E-state index in [2.05, 4.69) is 19.2 Å². The lowest BCUT2D eigenvalue weighted by Crippen LogP contribution is -2.69. The second kappa shape index (κ2) is 5.51. The first kappa shape index (κ1) is 14.4. The molecule has 0 bridgehead atoms. The van der Waals surface area contributed by atoms with E-state index in [4.69, 9.17) is 0 Å². The van der Waals surface area contributed by atoms with Crippen molar-refractivity contribution in [3.63, 3.8) is 0 Å². The van der Waals surface area contributed by atoms with Crippen LogP contribution < -0.4 is 5.32 Å². The summed E-state index contributed by atoms with van der Waals surface area (Å²) in [6, 6.07) is -0.363. The third-order valence-corrected chi connectivity index (χ3v) is 4.52. The molecule has 2 rings (SSSR count). The minimum Gasteiger partial charge on any atom is -0.343 e. The molecule has 1 unspecified atom stereocenters. The first-order chi connectivity index (χ1) is 8.97. The van der Waals surface area contributed by atoms with Crippen LogP contribution in [0.3, 0.4) is 0 Å². The molecule has 0 aromatic carbocycles. The minimum absolute atomic E-state index is 0.0710. The Bertz CT molecular complexity index is 359. The maximum Gasteiger partial charge on any atom is 0.246 e. The van der Waals surface area contributed by atoms with Crippen molar-refractivity contribution >= 4 is 11.8 Å². The van der Waals surface area contributed by atoms with Crippen molar-refractivity contribution in [3.05, 3.63) is 0 Å². The van der Waals surface area contributed by atoms with Gasteiger partial charge < -0.3 is 10.2 Å². The fourth-order valence-electron chi connectivity index (χ4n) is 3.40. The summed E-state index contributed by atoms with van der Waals surface area (Å²) in [5, 5.41) is 2.86. The molecule has 2 aliphatic rings. The van der Waals surface area contributed by atoms with Gasteiger partial charge in [-0.15, -0.1) is 0 Å². The Labute approximate surface area is 115 Å². The van der Waals surface area contributed by atoms with Crippen molar-refractivity contribution in [1.82, 2.24) is 10.2 Å². The van der Waals surface area contributed by atoms with Crippen molar-refractivity contribution in [2.75, 3.05) is 6.54 Å². The van der Waals surface area contributed by atoms with Crippen LogP contribution in [0.1, 0.15) is 59.3 Å². The third-order valence-electron chi connectivity index (χ3n) is 4.52. The Balaban J connectivity index is 2.13. The number of piperazine rings is 1. The molecule has 2 fully saturated rings. The third kappa shape index (κ3) is 2.63. The topological polar surface area (TPSA) is 49.4 Å². The van der Waals surface area contributed by atoms with E-state index in [0.29, 0.717) is 5.92 Å². The Morgan fingerprint density at radius 2 is 1.95 bits per heavy atom. The zero-order valence-corrected chi connectivity index (χ0v) is 12.4. The molecule has 1 saturated heterocycles. The van der Waals surface area contributed by atoms with Gasteiger partial charge in [0.15, 0.2) is 0 Å². The summed E-state index contributed by atoms with van der Waals surface area (Å²) < 4.78 is 0. The summed E-state index contributed by atoms with van der Waals surface area (Å²) in [6.45, 7) is 6.91. The maximum absolute atomic E-state index is 12.4. The van der Waals surface area contributed by atoms with E-state index in [9.17, 15) is 9.59 Å². The van der Waals surface area contributed by atoms with Gasteiger partial charge in [-0.25, -0.2) is 0 Å². The van der Waals surface area contributed by atoms with Crippen LogP contribution in [0.15, 0.2) is 0 Å². The van der Waals surface area contributed by atoms with Crippen molar-refractivity contribution in [2.24, 2.45) is 5.92 Å². The normalized spacial score (nSPS) is 26.3. The predicted molar refractivity (Wildman–Crippen MR) is 74.6 cm³/mol. The number of nitrogens with zero attached hydrogens (tertiary/aromatic N) is 1. The highest BCUT2D eigenvalue weighted by Gasteiger charge is 2.52. The van der Waals surface area contributed by atoms with E-state index in [1.165, 1.54) is 0 Å². The molecule has 1 spiro atoms. The maximum atomic E-state index is 12.4. The quantitative estimate of drug-likeness (QED) is 0.847. The fraction of sp³-hybridized carbons (Fsp3) is 0.867. The number of amides is 2. The highest BCUT2D eigenvalue weighted by atomic mass is 16.2. The SMILES string of the molecule is CC(C)CCCN1C(=O)C(C)NC(=O)C12CCCC2. The van der Waals surface area contributed by atoms with Crippen molar-refractivity contribution in [3.8, 4) is 0 Å². The Kier molecular flexibility index (Phi) is 4.16. The number of carbonyl (C=O) groups is 2. The van der Waals surface area contributed by atoms with Crippen LogP contribution in [0.5, 0.6) is 0 Å². The van der Waals surface area contributed by atoms with Gasteiger partial charge in [0.05, 0.1) is 0 Å². The van der Waals surface area contributed by atoms with E-state index in [1.807, 2.05) is 4.90 Å². The lowest BCUT2D eigenvalue weighted by Gasteiger charge is -2.45. The largest absolute Gasteiger partial charge is 0.343 e. The molecule has 1 aliphatic carbocycles. The van der Waals surface area contributed by atoms with Crippen LogP contribution in [0, 0.1) is 5.92 Å². The van der Waals surface area contributed by atoms with Crippen molar-refractivity contribution < 1.29 is 9.59 Å². The highest BCUT2D eigenvalue weighted by Crippen LogP contribution is 2.38. The zero-order valence-electron chi connectivity index (χ0n) is 12.4.